The molecule has 144 valence electrons. The molecule has 0 saturated heterocycles. The minimum Gasteiger partial charge on any atom is -0.450 e. The molecular formula is C23H22ClNO3. The number of rotatable bonds is 4. The van der Waals surface area contributed by atoms with E-state index in [2.05, 4.69) is 6.92 Å². The third kappa shape index (κ3) is 2.92. The zero-order chi connectivity index (χ0) is 20.0. The van der Waals surface area contributed by atoms with Crippen molar-refractivity contribution >= 4 is 28.5 Å². The normalized spacial score (nSPS) is 16.1. The summed E-state index contributed by atoms with van der Waals surface area (Å²) in [7, 11) is 0. The fraction of sp³-hybridized carbons (Fsp3) is 0.304. The molecule has 1 aromatic heterocycles. The Labute approximate surface area is 168 Å². The molecule has 1 atom stereocenters. The highest BCUT2D eigenvalue weighted by atomic mass is 35.5. The number of hydrogen-bond acceptors (Lipinski definition) is 3. The van der Waals surface area contributed by atoms with Crippen LogP contribution in [0.15, 0.2) is 45.6 Å². The minimum absolute atomic E-state index is 0.129. The van der Waals surface area contributed by atoms with E-state index < -0.39 is 6.04 Å². The molecule has 0 radical (unpaired) electrons. The van der Waals surface area contributed by atoms with Crippen LogP contribution in [0.5, 0.6) is 0 Å². The van der Waals surface area contributed by atoms with E-state index >= 15 is 0 Å². The van der Waals surface area contributed by atoms with Crippen LogP contribution in [0, 0.1) is 13.8 Å². The molecule has 0 bridgehead atoms. The Morgan fingerprint density at radius 2 is 1.82 bits per heavy atom. The number of amides is 1. The van der Waals surface area contributed by atoms with Crippen molar-refractivity contribution < 1.29 is 9.21 Å². The average Bonchev–Trinajstić information content (AvgIpc) is 2.94. The van der Waals surface area contributed by atoms with Crippen molar-refractivity contribution in [1.29, 1.82) is 0 Å². The van der Waals surface area contributed by atoms with E-state index in [0.717, 1.165) is 29.5 Å². The molecule has 1 amide bonds. The largest absolute Gasteiger partial charge is 0.450 e. The highest BCUT2D eigenvalue weighted by molar-refractivity contribution is 6.30. The lowest BCUT2D eigenvalue weighted by Crippen LogP contribution is -2.30. The second kappa shape index (κ2) is 7.10. The first-order valence-electron chi connectivity index (χ1n) is 9.56. The summed E-state index contributed by atoms with van der Waals surface area (Å²) >= 11 is 6.05. The number of carbonyl (C=O) groups is 1. The summed E-state index contributed by atoms with van der Waals surface area (Å²) in [6.45, 7) is 6.50. The summed E-state index contributed by atoms with van der Waals surface area (Å²) in [5.41, 5.74) is 3.51. The summed E-state index contributed by atoms with van der Waals surface area (Å²) in [6.07, 6.45) is 1.81. The molecule has 1 unspecified atom stereocenters. The topological polar surface area (TPSA) is 50.5 Å². The van der Waals surface area contributed by atoms with Gasteiger partial charge in [0.1, 0.15) is 5.58 Å². The molecule has 1 aliphatic heterocycles. The van der Waals surface area contributed by atoms with Gasteiger partial charge >= 0.3 is 0 Å². The Balaban J connectivity index is 2.00. The van der Waals surface area contributed by atoms with Crippen LogP contribution in [0.3, 0.4) is 0 Å². The number of carbonyl (C=O) groups excluding carboxylic acids is 1. The number of halogens is 1. The smallest absolute Gasteiger partial charge is 0.290 e. The van der Waals surface area contributed by atoms with Crippen molar-refractivity contribution in [3.8, 4) is 0 Å². The van der Waals surface area contributed by atoms with Crippen LogP contribution in [0.25, 0.3) is 11.0 Å². The molecule has 5 heteroatoms. The first kappa shape index (κ1) is 18.8. The SMILES string of the molecule is CCCCN1C(=O)c2oc3c(C)cc(C)cc3c(=O)c2C1c1ccc(Cl)cc1. The summed E-state index contributed by atoms with van der Waals surface area (Å²) in [5, 5.41) is 1.14. The molecule has 0 saturated carbocycles. The molecule has 2 heterocycles. The number of nitrogens with zero attached hydrogens (tertiary/aromatic N) is 1. The lowest BCUT2D eigenvalue weighted by atomic mass is 9.97. The number of aryl methyl sites for hydroxylation is 2. The number of fused-ring (bicyclic) bond motifs is 2. The van der Waals surface area contributed by atoms with Gasteiger partial charge in [-0.2, -0.15) is 0 Å². The van der Waals surface area contributed by atoms with Crippen LogP contribution in [0.2, 0.25) is 5.02 Å². The number of hydrogen-bond donors (Lipinski definition) is 0. The highest BCUT2D eigenvalue weighted by Crippen LogP contribution is 2.39. The lowest BCUT2D eigenvalue weighted by Gasteiger charge is -2.25. The van der Waals surface area contributed by atoms with Crippen LogP contribution in [-0.4, -0.2) is 17.4 Å². The third-order valence-corrected chi connectivity index (χ3v) is 5.59. The summed E-state index contributed by atoms with van der Waals surface area (Å²) in [5.74, 6) is -0.0529. The van der Waals surface area contributed by atoms with Gasteiger partial charge in [0.2, 0.25) is 5.76 Å². The Morgan fingerprint density at radius 1 is 1.11 bits per heavy atom. The van der Waals surface area contributed by atoms with Crippen molar-refractivity contribution in [3.05, 3.63) is 79.7 Å². The van der Waals surface area contributed by atoms with Crippen molar-refractivity contribution in [2.75, 3.05) is 6.54 Å². The standard InChI is InChI=1S/C23H22ClNO3/c1-4-5-10-25-19(15-6-8-16(24)9-7-15)18-20(26)17-12-13(2)11-14(3)21(17)28-22(18)23(25)27/h6-9,11-12,19H,4-5,10H2,1-3H3. The lowest BCUT2D eigenvalue weighted by molar-refractivity contribution is 0.0725. The summed E-state index contributed by atoms with van der Waals surface area (Å²) in [4.78, 5) is 28.4. The molecule has 1 aliphatic rings. The van der Waals surface area contributed by atoms with Gasteiger partial charge < -0.3 is 9.32 Å². The zero-order valence-electron chi connectivity index (χ0n) is 16.2. The maximum atomic E-state index is 13.5. The maximum absolute atomic E-state index is 13.5. The van der Waals surface area contributed by atoms with Crippen LogP contribution in [-0.2, 0) is 0 Å². The van der Waals surface area contributed by atoms with Crippen LogP contribution >= 0.6 is 11.6 Å². The van der Waals surface area contributed by atoms with E-state index in [1.54, 1.807) is 17.0 Å². The predicted molar refractivity (Wildman–Crippen MR) is 111 cm³/mol. The summed E-state index contributed by atoms with van der Waals surface area (Å²) in [6, 6.07) is 10.7. The van der Waals surface area contributed by atoms with Gasteiger partial charge in [-0.3, -0.25) is 9.59 Å². The molecule has 2 aromatic carbocycles. The van der Waals surface area contributed by atoms with Crippen LogP contribution in [0.1, 0.15) is 58.6 Å². The molecule has 0 fully saturated rings. The fourth-order valence-corrected chi connectivity index (χ4v) is 4.15. The van der Waals surface area contributed by atoms with Gasteiger partial charge in [-0.25, -0.2) is 0 Å². The van der Waals surface area contributed by atoms with Crippen molar-refractivity contribution in [2.24, 2.45) is 0 Å². The quantitative estimate of drug-likeness (QED) is 0.593. The van der Waals surface area contributed by atoms with Gasteiger partial charge in [-0.05, 0) is 55.2 Å². The Morgan fingerprint density at radius 3 is 2.50 bits per heavy atom. The van der Waals surface area contributed by atoms with Crippen molar-refractivity contribution in [3.63, 3.8) is 0 Å². The number of unbranched alkanes of at least 4 members (excludes halogenated alkanes) is 1. The Kier molecular flexibility index (Phi) is 4.76. The maximum Gasteiger partial charge on any atom is 0.290 e. The molecule has 0 aliphatic carbocycles. The first-order valence-corrected chi connectivity index (χ1v) is 9.94. The first-order chi connectivity index (χ1) is 13.4. The van der Waals surface area contributed by atoms with Gasteiger partial charge in [0.25, 0.3) is 5.91 Å². The highest BCUT2D eigenvalue weighted by Gasteiger charge is 2.42. The van der Waals surface area contributed by atoms with E-state index in [1.165, 1.54) is 0 Å². The second-order valence-corrected chi connectivity index (χ2v) is 7.88. The monoisotopic (exact) mass is 395 g/mol. The Hall–Kier alpha value is -2.59. The van der Waals surface area contributed by atoms with Gasteiger partial charge in [-0.15, -0.1) is 0 Å². The van der Waals surface area contributed by atoms with E-state index in [0.29, 0.717) is 28.1 Å². The fourth-order valence-electron chi connectivity index (χ4n) is 4.03. The van der Waals surface area contributed by atoms with E-state index in [-0.39, 0.29) is 17.1 Å². The molecule has 4 rings (SSSR count). The molecular weight excluding hydrogens is 374 g/mol. The molecule has 3 aromatic rings. The van der Waals surface area contributed by atoms with Gasteiger partial charge in [0.15, 0.2) is 5.43 Å². The Bertz CT molecular complexity index is 1130. The molecule has 28 heavy (non-hydrogen) atoms. The van der Waals surface area contributed by atoms with Crippen LogP contribution < -0.4 is 5.43 Å². The summed E-state index contributed by atoms with van der Waals surface area (Å²) < 4.78 is 6.05. The van der Waals surface area contributed by atoms with E-state index in [1.807, 2.05) is 38.1 Å². The second-order valence-electron chi connectivity index (χ2n) is 7.44. The van der Waals surface area contributed by atoms with Crippen LogP contribution in [0.4, 0.5) is 0 Å². The van der Waals surface area contributed by atoms with E-state index in [9.17, 15) is 9.59 Å². The van der Waals surface area contributed by atoms with Gasteiger partial charge in [0, 0.05) is 11.6 Å². The minimum atomic E-state index is -0.451. The van der Waals surface area contributed by atoms with Crippen molar-refractivity contribution in [2.45, 2.75) is 39.7 Å². The average molecular weight is 396 g/mol. The van der Waals surface area contributed by atoms with Crippen molar-refractivity contribution in [1.82, 2.24) is 4.90 Å². The van der Waals surface area contributed by atoms with Gasteiger partial charge in [-0.1, -0.05) is 43.1 Å². The predicted octanol–water partition coefficient (Wildman–Crippen LogP) is 5.41. The molecule has 0 N–H and O–H groups in total. The third-order valence-electron chi connectivity index (χ3n) is 5.34. The zero-order valence-corrected chi connectivity index (χ0v) is 17.0. The number of benzene rings is 2. The molecule has 0 spiro atoms. The van der Waals surface area contributed by atoms with Gasteiger partial charge in [0.05, 0.1) is 17.0 Å². The molecule has 4 nitrogen and oxygen atoms in total. The van der Waals surface area contributed by atoms with E-state index in [4.69, 9.17) is 16.0 Å².